The van der Waals surface area contributed by atoms with Gasteiger partial charge in [-0.25, -0.2) is 26.3 Å². The number of nitrogens with two attached hydrogens (primary N) is 1. The van der Waals surface area contributed by atoms with Gasteiger partial charge >= 0.3 is 0 Å². The molecule has 0 saturated carbocycles. The van der Waals surface area contributed by atoms with E-state index in [0.717, 1.165) is 11.8 Å². The number of sulfonamides is 2. The molecule has 1 unspecified atom stereocenters. The average molecular weight is 460 g/mol. The van der Waals surface area contributed by atoms with Gasteiger partial charge in [-0.3, -0.25) is 4.90 Å². The number of primary sulfonamides is 1. The summed E-state index contributed by atoms with van der Waals surface area (Å²) >= 11 is 0.756. The van der Waals surface area contributed by atoms with Crippen LogP contribution in [0.15, 0.2) is 45.8 Å². The number of phenols is 1. The molecule has 1 aromatic carbocycles. The maximum absolute atomic E-state index is 13.5. The molecule has 4 rings (SSSR count). The van der Waals surface area contributed by atoms with Crippen molar-refractivity contribution in [3.63, 3.8) is 0 Å². The van der Waals surface area contributed by atoms with Gasteiger partial charge in [-0.1, -0.05) is 17.8 Å². The highest BCUT2D eigenvalue weighted by Gasteiger charge is 2.44. The number of rotatable bonds is 4. The van der Waals surface area contributed by atoms with E-state index in [4.69, 9.17) is 9.88 Å². The van der Waals surface area contributed by atoms with Crippen LogP contribution in [0.4, 0.5) is 5.69 Å². The molecule has 29 heavy (non-hydrogen) atoms. The third kappa shape index (κ3) is 4.05. The Bertz CT molecular complexity index is 1090. The van der Waals surface area contributed by atoms with Gasteiger partial charge in [0.2, 0.25) is 10.0 Å². The van der Waals surface area contributed by atoms with Gasteiger partial charge in [0, 0.05) is 37.8 Å². The van der Waals surface area contributed by atoms with E-state index >= 15 is 0 Å². The van der Waals surface area contributed by atoms with Gasteiger partial charge < -0.3 is 9.84 Å². The van der Waals surface area contributed by atoms with Crippen LogP contribution in [0.5, 0.6) is 5.75 Å². The molecule has 0 aromatic heterocycles. The summed E-state index contributed by atoms with van der Waals surface area (Å²) in [6.45, 7) is 2.78. The minimum atomic E-state index is -4.05. The molecule has 0 amide bonds. The Morgan fingerprint density at radius 1 is 1.28 bits per heavy atom. The summed E-state index contributed by atoms with van der Waals surface area (Å²) in [7, 11) is -7.95. The number of morpholine rings is 1. The largest absolute Gasteiger partial charge is 0.508 e. The standard InChI is InChI=1S/C17H21N3O6S3/c18-28(22,23)16-9-12-8-14(11-19-4-6-26-7-5-19)20(29(24,25)17(12)27-16)13-2-1-3-15(21)10-13/h1-3,8,10,16,21H,4-7,9,11H2,(H2,18,22,23). The minimum absolute atomic E-state index is 0.00871. The Morgan fingerprint density at radius 3 is 2.66 bits per heavy atom. The van der Waals surface area contributed by atoms with Crippen molar-refractivity contribution in [2.45, 2.75) is 11.0 Å². The second-order valence-corrected chi connectivity index (χ2v) is 12.2. The quantitative estimate of drug-likeness (QED) is 0.674. The molecule has 158 valence electrons. The normalized spacial score (nSPS) is 25.1. The Hall–Kier alpha value is -1.57. The molecule has 3 heterocycles. The summed E-state index contributed by atoms with van der Waals surface area (Å²) in [5, 5.41) is 15.2. The lowest BCUT2D eigenvalue weighted by molar-refractivity contribution is 0.0422. The fourth-order valence-electron chi connectivity index (χ4n) is 3.55. The number of allylic oxidation sites excluding steroid dienone is 2. The number of thioether (sulfide) groups is 1. The fraction of sp³-hybridized carbons (Fsp3) is 0.412. The van der Waals surface area contributed by atoms with E-state index in [1.807, 2.05) is 0 Å². The minimum Gasteiger partial charge on any atom is -0.508 e. The molecule has 3 aliphatic rings. The molecular formula is C17H21N3O6S3. The summed E-state index contributed by atoms with van der Waals surface area (Å²) in [6, 6.07) is 5.97. The van der Waals surface area contributed by atoms with Crippen LogP contribution in [-0.2, 0) is 24.8 Å². The first-order chi connectivity index (χ1) is 13.7. The zero-order valence-electron chi connectivity index (χ0n) is 15.4. The zero-order valence-corrected chi connectivity index (χ0v) is 17.8. The number of benzene rings is 1. The Morgan fingerprint density at radius 2 is 2.00 bits per heavy atom. The lowest BCUT2D eigenvalue weighted by atomic mass is 10.1. The van der Waals surface area contributed by atoms with Crippen molar-refractivity contribution in [2.75, 3.05) is 37.2 Å². The number of nitrogens with zero attached hydrogens (tertiary/aromatic N) is 2. The molecule has 9 nitrogen and oxygen atoms in total. The van der Waals surface area contributed by atoms with Gasteiger partial charge in [0.25, 0.3) is 10.0 Å². The Kier molecular flexibility index (Phi) is 5.42. The van der Waals surface area contributed by atoms with Crippen LogP contribution in [-0.4, -0.2) is 64.3 Å². The second kappa shape index (κ2) is 7.60. The molecule has 1 aromatic rings. The summed E-state index contributed by atoms with van der Waals surface area (Å²) in [5.74, 6) is -0.0651. The highest BCUT2D eigenvalue weighted by molar-refractivity contribution is 8.24. The fourth-order valence-corrected chi connectivity index (χ4v) is 8.27. The van der Waals surface area contributed by atoms with E-state index in [9.17, 15) is 21.9 Å². The third-order valence-electron chi connectivity index (χ3n) is 4.88. The molecule has 0 bridgehead atoms. The van der Waals surface area contributed by atoms with Gasteiger partial charge in [0.15, 0.2) is 0 Å². The summed E-state index contributed by atoms with van der Waals surface area (Å²) in [5.41, 5.74) is 1.23. The van der Waals surface area contributed by atoms with Crippen LogP contribution in [0.1, 0.15) is 6.42 Å². The van der Waals surface area contributed by atoms with Crippen LogP contribution in [0.2, 0.25) is 0 Å². The summed E-state index contributed by atoms with van der Waals surface area (Å²) < 4.78 is 56.1. The van der Waals surface area contributed by atoms with Gasteiger partial charge in [-0.15, -0.1) is 0 Å². The van der Waals surface area contributed by atoms with Gasteiger partial charge in [0.1, 0.15) is 14.6 Å². The van der Waals surface area contributed by atoms with Crippen molar-refractivity contribution in [2.24, 2.45) is 5.14 Å². The van der Waals surface area contributed by atoms with Crippen molar-refractivity contribution in [1.29, 1.82) is 0 Å². The highest BCUT2D eigenvalue weighted by Crippen LogP contribution is 2.48. The molecule has 1 atom stereocenters. The second-order valence-electron chi connectivity index (χ2n) is 6.97. The molecule has 12 heteroatoms. The van der Waals surface area contributed by atoms with E-state index in [-0.39, 0.29) is 22.1 Å². The van der Waals surface area contributed by atoms with E-state index in [1.54, 1.807) is 18.2 Å². The first-order valence-electron chi connectivity index (χ1n) is 8.93. The predicted octanol–water partition coefficient (Wildman–Crippen LogP) is 0.721. The Labute approximate surface area is 173 Å². The molecular weight excluding hydrogens is 438 g/mol. The molecule has 1 saturated heterocycles. The molecule has 0 spiro atoms. The highest BCUT2D eigenvalue weighted by atomic mass is 32.3. The van der Waals surface area contributed by atoms with E-state index in [1.165, 1.54) is 16.4 Å². The topological polar surface area (TPSA) is 130 Å². The van der Waals surface area contributed by atoms with Crippen molar-refractivity contribution in [3.05, 3.63) is 45.8 Å². The van der Waals surface area contributed by atoms with E-state index in [2.05, 4.69) is 4.90 Å². The van der Waals surface area contributed by atoms with Crippen LogP contribution < -0.4 is 9.44 Å². The average Bonchev–Trinajstić information content (AvgIpc) is 3.08. The van der Waals surface area contributed by atoms with Gasteiger partial charge in [-0.05, 0) is 23.8 Å². The third-order valence-corrected chi connectivity index (χ3v) is 10.4. The lowest BCUT2D eigenvalue weighted by Gasteiger charge is -2.35. The Balaban J connectivity index is 1.77. The SMILES string of the molecule is NS(=O)(=O)C1CC2=C(S1)S(=O)(=O)N(c1cccc(O)c1)C(CN1CCOCC1)=C2. The zero-order chi connectivity index (χ0) is 20.8. The predicted molar refractivity (Wildman–Crippen MR) is 111 cm³/mol. The maximum atomic E-state index is 13.5. The van der Waals surface area contributed by atoms with Crippen molar-refractivity contribution >= 4 is 37.5 Å². The van der Waals surface area contributed by atoms with Crippen LogP contribution >= 0.6 is 11.8 Å². The van der Waals surface area contributed by atoms with Crippen LogP contribution in [0.3, 0.4) is 0 Å². The summed E-state index contributed by atoms with van der Waals surface area (Å²) in [6.07, 6.45) is 1.77. The van der Waals surface area contributed by atoms with E-state index < -0.39 is 24.6 Å². The number of hydrogen-bond acceptors (Lipinski definition) is 8. The summed E-state index contributed by atoms with van der Waals surface area (Å²) in [4.78, 5) is 2.07. The number of anilines is 1. The molecule has 3 N–H and O–H groups in total. The monoisotopic (exact) mass is 459 g/mol. The van der Waals surface area contributed by atoms with Crippen molar-refractivity contribution < 1.29 is 26.7 Å². The van der Waals surface area contributed by atoms with Crippen molar-refractivity contribution in [3.8, 4) is 5.75 Å². The molecule has 0 radical (unpaired) electrons. The van der Waals surface area contributed by atoms with Gasteiger partial charge in [-0.2, -0.15) is 0 Å². The first kappa shape index (κ1) is 20.7. The van der Waals surface area contributed by atoms with Crippen LogP contribution in [0.25, 0.3) is 0 Å². The lowest BCUT2D eigenvalue weighted by Crippen LogP contribution is -2.43. The van der Waals surface area contributed by atoms with Crippen molar-refractivity contribution in [1.82, 2.24) is 4.90 Å². The number of hydrogen-bond donors (Lipinski definition) is 2. The first-order valence-corrected chi connectivity index (χ1v) is 12.9. The molecule has 1 fully saturated rings. The number of ether oxygens (including phenoxy) is 1. The maximum Gasteiger partial charge on any atom is 0.274 e. The molecule has 0 aliphatic carbocycles. The number of phenolic OH excluding ortho intramolecular Hbond substituents is 1. The molecule has 3 aliphatic heterocycles. The smallest absolute Gasteiger partial charge is 0.274 e. The van der Waals surface area contributed by atoms with Crippen LogP contribution in [0, 0.1) is 0 Å². The van der Waals surface area contributed by atoms with E-state index in [0.29, 0.717) is 44.1 Å². The van der Waals surface area contributed by atoms with Gasteiger partial charge in [0.05, 0.1) is 18.9 Å². The number of aromatic hydroxyl groups is 1.